The van der Waals surface area contributed by atoms with Crippen LogP contribution in [-0.2, 0) is 5.54 Å². The first-order chi connectivity index (χ1) is 8.42. The SMILES string of the molecule is Cc1ccc(C2(N)CCC(C(C)C)CC2)c(C)c1. The van der Waals surface area contributed by atoms with Gasteiger partial charge in [0, 0.05) is 5.54 Å². The maximum absolute atomic E-state index is 6.69. The molecular weight excluding hydrogens is 218 g/mol. The van der Waals surface area contributed by atoms with Crippen molar-refractivity contribution in [1.29, 1.82) is 0 Å². The largest absolute Gasteiger partial charge is 0.321 e. The van der Waals surface area contributed by atoms with Crippen molar-refractivity contribution in [3.63, 3.8) is 0 Å². The minimum absolute atomic E-state index is 0.0802. The first-order valence-electron chi connectivity index (χ1n) is 7.29. The molecule has 0 heterocycles. The van der Waals surface area contributed by atoms with Gasteiger partial charge in [0.1, 0.15) is 0 Å². The highest BCUT2D eigenvalue weighted by atomic mass is 14.8. The van der Waals surface area contributed by atoms with E-state index in [0.29, 0.717) is 0 Å². The van der Waals surface area contributed by atoms with Crippen LogP contribution in [0.15, 0.2) is 18.2 Å². The van der Waals surface area contributed by atoms with E-state index >= 15 is 0 Å². The number of hydrogen-bond acceptors (Lipinski definition) is 1. The zero-order valence-corrected chi connectivity index (χ0v) is 12.3. The van der Waals surface area contributed by atoms with Crippen molar-refractivity contribution in [1.82, 2.24) is 0 Å². The predicted octanol–water partition coefficient (Wildman–Crippen LogP) is 4.30. The fourth-order valence-electron chi connectivity index (χ4n) is 3.46. The highest BCUT2D eigenvalue weighted by Gasteiger charge is 2.34. The Balaban J connectivity index is 2.18. The van der Waals surface area contributed by atoms with Crippen LogP contribution < -0.4 is 5.73 Å². The van der Waals surface area contributed by atoms with E-state index < -0.39 is 0 Å². The van der Waals surface area contributed by atoms with Crippen molar-refractivity contribution in [2.24, 2.45) is 17.6 Å². The minimum Gasteiger partial charge on any atom is -0.321 e. The molecule has 18 heavy (non-hydrogen) atoms. The van der Waals surface area contributed by atoms with Gasteiger partial charge in [-0.1, -0.05) is 37.6 Å². The molecule has 0 aromatic heterocycles. The van der Waals surface area contributed by atoms with Crippen molar-refractivity contribution in [2.75, 3.05) is 0 Å². The maximum atomic E-state index is 6.69. The third-order valence-electron chi connectivity index (χ3n) is 4.78. The maximum Gasteiger partial charge on any atom is 0.0412 e. The van der Waals surface area contributed by atoms with Crippen LogP contribution in [0.3, 0.4) is 0 Å². The normalized spacial score (nSPS) is 28.7. The van der Waals surface area contributed by atoms with E-state index in [1.165, 1.54) is 29.5 Å². The van der Waals surface area contributed by atoms with E-state index in [1.54, 1.807) is 0 Å². The second kappa shape index (κ2) is 5.05. The molecule has 2 N–H and O–H groups in total. The Labute approximate surface area is 112 Å². The summed E-state index contributed by atoms with van der Waals surface area (Å²) in [7, 11) is 0. The van der Waals surface area contributed by atoms with Crippen LogP contribution in [0.5, 0.6) is 0 Å². The van der Waals surface area contributed by atoms with Crippen molar-refractivity contribution in [3.8, 4) is 0 Å². The van der Waals surface area contributed by atoms with E-state index in [4.69, 9.17) is 5.73 Å². The van der Waals surface area contributed by atoms with Crippen LogP contribution in [-0.4, -0.2) is 0 Å². The lowest BCUT2D eigenvalue weighted by molar-refractivity contribution is 0.195. The molecule has 2 rings (SSSR count). The zero-order chi connectivity index (χ0) is 13.3. The second-order valence-corrected chi connectivity index (χ2v) is 6.56. The number of rotatable bonds is 2. The number of hydrogen-bond donors (Lipinski definition) is 1. The number of nitrogens with two attached hydrogens (primary N) is 1. The predicted molar refractivity (Wildman–Crippen MR) is 78.6 cm³/mol. The number of benzene rings is 1. The van der Waals surface area contributed by atoms with Gasteiger partial charge in [-0.05, 0) is 62.5 Å². The Morgan fingerprint density at radius 2 is 1.78 bits per heavy atom. The lowest BCUT2D eigenvalue weighted by Gasteiger charge is -2.40. The van der Waals surface area contributed by atoms with E-state index in [0.717, 1.165) is 24.7 Å². The van der Waals surface area contributed by atoms with E-state index in [1.807, 2.05) is 0 Å². The summed E-state index contributed by atoms with van der Waals surface area (Å²) in [4.78, 5) is 0. The Kier molecular flexibility index (Phi) is 3.82. The van der Waals surface area contributed by atoms with Crippen molar-refractivity contribution >= 4 is 0 Å². The first kappa shape index (κ1) is 13.6. The summed E-state index contributed by atoms with van der Waals surface area (Å²) in [5, 5.41) is 0. The molecule has 1 aromatic rings. The standard InChI is InChI=1S/C17H27N/c1-12(2)15-7-9-17(18,10-8-15)16-6-5-13(3)11-14(16)4/h5-6,11-12,15H,7-10,18H2,1-4H3. The highest BCUT2D eigenvalue weighted by Crippen LogP contribution is 2.41. The summed E-state index contributed by atoms with van der Waals surface area (Å²) < 4.78 is 0. The van der Waals surface area contributed by atoms with Gasteiger partial charge in [0.05, 0.1) is 0 Å². The fourth-order valence-corrected chi connectivity index (χ4v) is 3.46. The number of aryl methyl sites for hydroxylation is 2. The smallest absolute Gasteiger partial charge is 0.0412 e. The molecular formula is C17H27N. The minimum atomic E-state index is -0.0802. The van der Waals surface area contributed by atoms with Gasteiger partial charge in [0.25, 0.3) is 0 Å². The van der Waals surface area contributed by atoms with Crippen molar-refractivity contribution in [3.05, 3.63) is 34.9 Å². The molecule has 1 aromatic carbocycles. The summed E-state index contributed by atoms with van der Waals surface area (Å²) in [6, 6.07) is 6.71. The lowest BCUT2D eigenvalue weighted by atomic mass is 9.69. The van der Waals surface area contributed by atoms with E-state index in [-0.39, 0.29) is 5.54 Å². The van der Waals surface area contributed by atoms with E-state index in [2.05, 4.69) is 45.9 Å². The molecule has 1 nitrogen and oxygen atoms in total. The van der Waals surface area contributed by atoms with Gasteiger partial charge in [-0.15, -0.1) is 0 Å². The Bertz CT molecular complexity index is 412. The summed E-state index contributed by atoms with van der Waals surface area (Å²) in [5.41, 5.74) is 10.7. The third-order valence-corrected chi connectivity index (χ3v) is 4.78. The average Bonchev–Trinajstić information content (AvgIpc) is 2.29. The molecule has 0 aliphatic heterocycles. The molecule has 0 bridgehead atoms. The van der Waals surface area contributed by atoms with Crippen LogP contribution in [0.4, 0.5) is 0 Å². The molecule has 1 saturated carbocycles. The van der Waals surface area contributed by atoms with Gasteiger partial charge in [-0.3, -0.25) is 0 Å². The molecule has 1 aliphatic rings. The Morgan fingerprint density at radius 1 is 1.17 bits per heavy atom. The molecule has 1 aliphatic carbocycles. The molecule has 0 spiro atoms. The van der Waals surface area contributed by atoms with E-state index in [9.17, 15) is 0 Å². The monoisotopic (exact) mass is 245 g/mol. The molecule has 0 amide bonds. The topological polar surface area (TPSA) is 26.0 Å². The van der Waals surface area contributed by atoms with Crippen LogP contribution in [0, 0.1) is 25.7 Å². The quantitative estimate of drug-likeness (QED) is 0.826. The summed E-state index contributed by atoms with van der Waals surface area (Å²) >= 11 is 0. The Hall–Kier alpha value is -0.820. The molecule has 0 unspecified atom stereocenters. The zero-order valence-electron chi connectivity index (χ0n) is 12.3. The molecule has 1 heteroatoms. The molecule has 1 fully saturated rings. The van der Waals surface area contributed by atoms with Gasteiger partial charge in [0.2, 0.25) is 0 Å². The lowest BCUT2D eigenvalue weighted by Crippen LogP contribution is -2.41. The molecule has 0 atom stereocenters. The Morgan fingerprint density at radius 3 is 2.28 bits per heavy atom. The first-order valence-corrected chi connectivity index (χ1v) is 7.29. The fraction of sp³-hybridized carbons (Fsp3) is 0.647. The summed E-state index contributed by atoms with van der Waals surface area (Å²) in [6.45, 7) is 9.03. The van der Waals surface area contributed by atoms with Gasteiger partial charge in [-0.25, -0.2) is 0 Å². The van der Waals surface area contributed by atoms with Crippen LogP contribution in [0.2, 0.25) is 0 Å². The van der Waals surface area contributed by atoms with Crippen molar-refractivity contribution in [2.45, 2.75) is 58.9 Å². The highest BCUT2D eigenvalue weighted by molar-refractivity contribution is 5.36. The van der Waals surface area contributed by atoms with Crippen molar-refractivity contribution < 1.29 is 0 Å². The van der Waals surface area contributed by atoms with Crippen LogP contribution in [0.1, 0.15) is 56.2 Å². The molecule has 0 radical (unpaired) electrons. The molecule has 100 valence electrons. The second-order valence-electron chi connectivity index (χ2n) is 6.56. The summed E-state index contributed by atoms with van der Waals surface area (Å²) in [6.07, 6.45) is 4.84. The van der Waals surface area contributed by atoms with Crippen LogP contribution >= 0.6 is 0 Å². The average molecular weight is 245 g/mol. The van der Waals surface area contributed by atoms with Gasteiger partial charge < -0.3 is 5.73 Å². The van der Waals surface area contributed by atoms with Crippen LogP contribution in [0.25, 0.3) is 0 Å². The summed E-state index contributed by atoms with van der Waals surface area (Å²) in [5.74, 6) is 1.67. The van der Waals surface area contributed by atoms with Gasteiger partial charge >= 0.3 is 0 Å². The van der Waals surface area contributed by atoms with Gasteiger partial charge in [0.15, 0.2) is 0 Å². The van der Waals surface area contributed by atoms with Gasteiger partial charge in [-0.2, -0.15) is 0 Å². The third kappa shape index (κ3) is 2.61. The molecule has 0 saturated heterocycles.